The molecule has 6 aromatic carbocycles. The van der Waals surface area contributed by atoms with Crippen LogP contribution in [0.15, 0.2) is 148 Å². The molecule has 228 valence electrons. The van der Waals surface area contributed by atoms with E-state index < -0.39 is 0 Å². The lowest BCUT2D eigenvalue weighted by Gasteiger charge is -2.31. The molecular formula is C44H25N3O2. The van der Waals surface area contributed by atoms with Crippen LogP contribution < -0.4 is 4.90 Å². The van der Waals surface area contributed by atoms with Crippen LogP contribution in [0.4, 0.5) is 11.4 Å². The predicted molar refractivity (Wildman–Crippen MR) is 195 cm³/mol. The van der Waals surface area contributed by atoms with E-state index in [1.54, 1.807) is 0 Å². The Bertz CT molecular complexity index is 2820. The van der Waals surface area contributed by atoms with Crippen LogP contribution >= 0.6 is 0 Å². The summed E-state index contributed by atoms with van der Waals surface area (Å²) >= 11 is 0. The summed E-state index contributed by atoms with van der Waals surface area (Å²) in [6, 6.07) is 43.4. The summed E-state index contributed by atoms with van der Waals surface area (Å²) in [5.74, 6) is 0.206. The van der Waals surface area contributed by atoms with Crippen LogP contribution in [0, 0.1) is 22.7 Å². The molecule has 5 nitrogen and oxygen atoms in total. The van der Waals surface area contributed by atoms with Crippen LogP contribution in [-0.2, 0) is 0 Å². The molecule has 1 aliphatic heterocycles. The van der Waals surface area contributed by atoms with E-state index in [4.69, 9.17) is 8.83 Å². The van der Waals surface area contributed by atoms with Gasteiger partial charge in [-0.1, -0.05) is 78.9 Å². The summed E-state index contributed by atoms with van der Waals surface area (Å²) in [6.07, 6.45) is 8.72. The zero-order valence-electron chi connectivity index (χ0n) is 26.1. The summed E-state index contributed by atoms with van der Waals surface area (Å²) in [6.45, 7) is 0. The topological polar surface area (TPSA) is 77.1 Å². The molecule has 0 saturated heterocycles. The molecule has 0 bridgehead atoms. The monoisotopic (exact) mass is 627 g/mol. The molecular weight excluding hydrogens is 603 g/mol. The average Bonchev–Trinajstić information content (AvgIpc) is 3.83. The van der Waals surface area contributed by atoms with E-state index in [2.05, 4.69) is 95.9 Å². The number of rotatable bonds is 3. The number of fused-ring (bicyclic) bond motifs is 10. The summed E-state index contributed by atoms with van der Waals surface area (Å²) < 4.78 is 12.8. The Hall–Kier alpha value is -6.82. The molecule has 0 N–H and O–H groups in total. The van der Waals surface area contributed by atoms with Gasteiger partial charge in [0.15, 0.2) is 0 Å². The Balaban J connectivity index is 1.20. The van der Waals surface area contributed by atoms with E-state index in [0.717, 1.165) is 77.5 Å². The first-order valence-electron chi connectivity index (χ1n) is 16.3. The first-order valence-corrected chi connectivity index (χ1v) is 16.3. The minimum Gasteiger partial charge on any atom is -0.456 e. The highest BCUT2D eigenvalue weighted by atomic mass is 16.3. The minimum absolute atomic E-state index is 0.0661. The molecule has 0 amide bonds. The zero-order chi connectivity index (χ0) is 32.6. The van der Waals surface area contributed by atoms with Gasteiger partial charge in [0.2, 0.25) is 0 Å². The van der Waals surface area contributed by atoms with Crippen molar-refractivity contribution in [3.05, 3.63) is 156 Å². The van der Waals surface area contributed by atoms with Gasteiger partial charge in [-0.05, 0) is 82.9 Å². The number of anilines is 2. The molecule has 2 atom stereocenters. The van der Waals surface area contributed by atoms with Gasteiger partial charge >= 0.3 is 0 Å². The number of allylic oxidation sites excluding steroid dienone is 2. The number of hydrogen-bond donors (Lipinski definition) is 0. The molecule has 2 unspecified atom stereocenters. The molecule has 2 aromatic heterocycles. The van der Waals surface area contributed by atoms with E-state index in [0.29, 0.717) is 11.1 Å². The summed E-state index contributed by atoms with van der Waals surface area (Å²) in [7, 11) is 0. The highest BCUT2D eigenvalue weighted by Crippen LogP contribution is 2.51. The van der Waals surface area contributed by atoms with E-state index in [1.807, 2.05) is 60.7 Å². The van der Waals surface area contributed by atoms with Gasteiger partial charge in [0.1, 0.15) is 28.4 Å². The standard InChI is InChI=1S/C44H25N3O2/c45-24-26-12-14-27(15-13-26)28-16-18-38-34(22-28)42-40(48-38)20-21-41-43(42)35-23-29(17-19-39(35)49-41)31-9-5-6-30(25-46)44(31)47-36-10-3-1-7-32(36)33-8-2-4-11-37(33)47/h1-23,32,36H. The maximum Gasteiger partial charge on any atom is 0.136 e. The van der Waals surface area contributed by atoms with Crippen molar-refractivity contribution in [2.75, 3.05) is 4.90 Å². The van der Waals surface area contributed by atoms with Gasteiger partial charge in [0, 0.05) is 38.7 Å². The van der Waals surface area contributed by atoms with E-state index in [-0.39, 0.29) is 12.0 Å². The van der Waals surface area contributed by atoms with Crippen molar-refractivity contribution in [1.82, 2.24) is 0 Å². The van der Waals surface area contributed by atoms with Crippen LogP contribution in [0.2, 0.25) is 0 Å². The zero-order valence-corrected chi connectivity index (χ0v) is 26.1. The van der Waals surface area contributed by atoms with Crippen molar-refractivity contribution in [1.29, 1.82) is 10.5 Å². The van der Waals surface area contributed by atoms with E-state index in [9.17, 15) is 10.5 Å². The number of furan rings is 2. The first kappa shape index (κ1) is 27.3. The van der Waals surface area contributed by atoms with Gasteiger partial charge in [-0.25, -0.2) is 0 Å². The Morgan fingerprint density at radius 2 is 1.22 bits per heavy atom. The fourth-order valence-corrected chi connectivity index (χ4v) is 7.89. The van der Waals surface area contributed by atoms with Crippen molar-refractivity contribution in [2.24, 2.45) is 0 Å². The van der Waals surface area contributed by atoms with Crippen LogP contribution in [0.1, 0.15) is 22.6 Å². The second-order valence-electron chi connectivity index (χ2n) is 12.7. The van der Waals surface area contributed by atoms with Gasteiger partial charge in [-0.15, -0.1) is 0 Å². The predicted octanol–water partition coefficient (Wildman–Crippen LogP) is 11.3. The molecule has 8 aromatic rings. The van der Waals surface area contributed by atoms with Crippen molar-refractivity contribution in [2.45, 2.75) is 12.0 Å². The molecule has 1 aliphatic carbocycles. The molecule has 2 aliphatic rings. The number of nitriles is 2. The highest BCUT2D eigenvalue weighted by Gasteiger charge is 2.39. The third kappa shape index (κ3) is 3.97. The van der Waals surface area contributed by atoms with Gasteiger partial charge in [-0.2, -0.15) is 10.5 Å². The molecule has 0 saturated carbocycles. The van der Waals surface area contributed by atoms with E-state index >= 15 is 0 Å². The maximum atomic E-state index is 10.5. The Kier molecular flexibility index (Phi) is 5.76. The lowest BCUT2D eigenvalue weighted by Crippen LogP contribution is -2.29. The van der Waals surface area contributed by atoms with Crippen LogP contribution in [0.5, 0.6) is 0 Å². The van der Waals surface area contributed by atoms with Gasteiger partial charge < -0.3 is 13.7 Å². The highest BCUT2D eigenvalue weighted by molar-refractivity contribution is 6.26. The molecule has 0 radical (unpaired) electrons. The van der Waals surface area contributed by atoms with Crippen LogP contribution in [0.3, 0.4) is 0 Å². The second kappa shape index (κ2) is 10.3. The Morgan fingerprint density at radius 3 is 1.96 bits per heavy atom. The smallest absolute Gasteiger partial charge is 0.136 e. The maximum absolute atomic E-state index is 10.5. The number of para-hydroxylation sites is 2. The Labute approximate surface area is 281 Å². The quantitative estimate of drug-likeness (QED) is 0.195. The average molecular weight is 628 g/mol. The molecule has 3 heterocycles. The van der Waals surface area contributed by atoms with Crippen LogP contribution in [0.25, 0.3) is 66.1 Å². The molecule has 0 fully saturated rings. The Morgan fingerprint density at radius 1 is 0.571 bits per heavy atom. The molecule has 10 rings (SSSR count). The third-order valence-corrected chi connectivity index (χ3v) is 10.1. The normalized spacial score (nSPS) is 16.3. The second-order valence-corrected chi connectivity index (χ2v) is 12.7. The van der Waals surface area contributed by atoms with E-state index in [1.165, 1.54) is 5.56 Å². The molecule has 0 spiro atoms. The van der Waals surface area contributed by atoms with Gasteiger partial charge in [-0.3, -0.25) is 0 Å². The van der Waals surface area contributed by atoms with Crippen molar-refractivity contribution < 1.29 is 8.83 Å². The van der Waals surface area contributed by atoms with Gasteiger partial charge in [0.05, 0.1) is 28.9 Å². The summed E-state index contributed by atoms with van der Waals surface area (Å²) in [5.41, 5.74) is 11.8. The fraction of sp³-hybridized carbons (Fsp3) is 0.0455. The lowest BCUT2D eigenvalue weighted by molar-refractivity contribution is 0.663. The fourth-order valence-electron chi connectivity index (χ4n) is 7.89. The SMILES string of the molecule is N#Cc1ccc(-c2ccc3oc4ccc5oc6ccc(-c7cccc(C#N)c7N7c8ccccc8C8C=CC=CC87)cc6c5c4c3c2)cc1. The minimum atomic E-state index is 0.0661. The number of nitrogens with zero attached hydrogens (tertiary/aromatic N) is 3. The number of benzene rings is 6. The molecule has 5 heteroatoms. The summed E-state index contributed by atoms with van der Waals surface area (Å²) in [5, 5.41) is 23.7. The van der Waals surface area contributed by atoms with Crippen molar-refractivity contribution in [3.63, 3.8) is 0 Å². The summed E-state index contributed by atoms with van der Waals surface area (Å²) in [4.78, 5) is 2.35. The number of hydrogen-bond acceptors (Lipinski definition) is 5. The lowest BCUT2D eigenvalue weighted by atomic mass is 9.91. The van der Waals surface area contributed by atoms with Crippen LogP contribution in [-0.4, -0.2) is 6.04 Å². The largest absolute Gasteiger partial charge is 0.456 e. The first-order chi connectivity index (χ1) is 24.2. The van der Waals surface area contributed by atoms with Crippen molar-refractivity contribution in [3.8, 4) is 34.4 Å². The third-order valence-electron chi connectivity index (χ3n) is 10.1. The van der Waals surface area contributed by atoms with Gasteiger partial charge in [0.25, 0.3) is 0 Å². The van der Waals surface area contributed by atoms with Crippen molar-refractivity contribution >= 4 is 55.3 Å². The molecule has 49 heavy (non-hydrogen) atoms.